The van der Waals surface area contributed by atoms with Crippen molar-refractivity contribution in [3.63, 3.8) is 0 Å². The van der Waals surface area contributed by atoms with Crippen LogP contribution in [0.2, 0.25) is 0 Å². The average molecular weight is 244 g/mol. The zero-order chi connectivity index (χ0) is 12.1. The van der Waals surface area contributed by atoms with Crippen LogP contribution in [-0.2, 0) is 4.79 Å². The van der Waals surface area contributed by atoms with Crippen molar-refractivity contribution in [2.75, 3.05) is 18.6 Å². The lowest BCUT2D eigenvalue weighted by molar-refractivity contribution is -0.130. The number of hydrogen-bond donors (Lipinski definition) is 1. The number of nitrogens with one attached hydrogen (secondary N) is 1. The highest BCUT2D eigenvalue weighted by atomic mass is 32.2. The third-order valence-corrected chi connectivity index (χ3v) is 4.01. The molecule has 0 aromatic heterocycles. The molecule has 0 spiro atoms. The SMILES string of the molecule is CCC1NC(CC)N(CC(C)CSC)C1=O. The number of amides is 1. The van der Waals surface area contributed by atoms with Crippen molar-refractivity contribution in [2.45, 2.75) is 45.8 Å². The molecule has 0 radical (unpaired) electrons. The Balaban J connectivity index is 2.58. The Bertz CT molecular complexity index is 235. The molecule has 1 amide bonds. The molecule has 3 atom stereocenters. The molecule has 94 valence electrons. The molecule has 3 unspecified atom stereocenters. The van der Waals surface area contributed by atoms with E-state index in [1.165, 1.54) is 0 Å². The lowest BCUT2D eigenvalue weighted by atomic mass is 10.2. The first kappa shape index (κ1) is 13.8. The van der Waals surface area contributed by atoms with Crippen molar-refractivity contribution in [1.29, 1.82) is 0 Å². The highest BCUT2D eigenvalue weighted by Crippen LogP contribution is 2.18. The molecule has 1 N–H and O–H groups in total. The molecule has 1 rings (SSSR count). The molecule has 1 fully saturated rings. The largest absolute Gasteiger partial charge is 0.326 e. The molecular weight excluding hydrogens is 220 g/mol. The van der Waals surface area contributed by atoms with Gasteiger partial charge < -0.3 is 4.90 Å². The number of thioether (sulfide) groups is 1. The van der Waals surface area contributed by atoms with Crippen molar-refractivity contribution in [2.24, 2.45) is 5.92 Å². The number of carbonyl (C=O) groups is 1. The summed E-state index contributed by atoms with van der Waals surface area (Å²) in [5.41, 5.74) is 0. The van der Waals surface area contributed by atoms with Crippen LogP contribution in [0, 0.1) is 5.92 Å². The van der Waals surface area contributed by atoms with E-state index in [2.05, 4.69) is 32.3 Å². The zero-order valence-electron chi connectivity index (χ0n) is 10.8. The van der Waals surface area contributed by atoms with E-state index in [-0.39, 0.29) is 12.2 Å². The molecule has 0 saturated carbocycles. The molecule has 1 aliphatic heterocycles. The third kappa shape index (κ3) is 3.14. The van der Waals surface area contributed by atoms with Crippen LogP contribution in [0.5, 0.6) is 0 Å². The predicted molar refractivity (Wildman–Crippen MR) is 70.6 cm³/mol. The molecule has 0 aromatic carbocycles. The molecule has 1 saturated heterocycles. The van der Waals surface area contributed by atoms with E-state index in [1.54, 1.807) is 0 Å². The fourth-order valence-corrected chi connectivity index (χ4v) is 2.94. The van der Waals surface area contributed by atoms with E-state index >= 15 is 0 Å². The first-order chi connectivity index (χ1) is 7.63. The summed E-state index contributed by atoms with van der Waals surface area (Å²) in [5.74, 6) is 1.99. The first-order valence-corrected chi connectivity index (χ1v) is 7.58. The van der Waals surface area contributed by atoms with Gasteiger partial charge in [0.1, 0.15) is 0 Å². The molecule has 1 heterocycles. The Morgan fingerprint density at radius 3 is 2.62 bits per heavy atom. The Hall–Kier alpha value is -0.220. The number of hydrogen-bond acceptors (Lipinski definition) is 3. The molecule has 1 aliphatic rings. The van der Waals surface area contributed by atoms with Crippen molar-refractivity contribution in [3.8, 4) is 0 Å². The van der Waals surface area contributed by atoms with Gasteiger partial charge in [-0.1, -0.05) is 20.8 Å². The van der Waals surface area contributed by atoms with Crippen LogP contribution in [-0.4, -0.2) is 41.6 Å². The maximum Gasteiger partial charge on any atom is 0.241 e. The summed E-state index contributed by atoms with van der Waals surface area (Å²) in [6.07, 6.45) is 4.26. The van der Waals surface area contributed by atoms with Crippen molar-refractivity contribution < 1.29 is 4.79 Å². The van der Waals surface area contributed by atoms with Gasteiger partial charge in [0, 0.05) is 6.54 Å². The van der Waals surface area contributed by atoms with Gasteiger partial charge in [0.25, 0.3) is 0 Å². The van der Waals surface area contributed by atoms with Gasteiger partial charge in [0.15, 0.2) is 0 Å². The Morgan fingerprint density at radius 1 is 1.44 bits per heavy atom. The van der Waals surface area contributed by atoms with E-state index in [1.807, 2.05) is 16.7 Å². The second-order valence-electron chi connectivity index (χ2n) is 4.60. The smallest absolute Gasteiger partial charge is 0.241 e. The van der Waals surface area contributed by atoms with Crippen LogP contribution in [0.15, 0.2) is 0 Å². The van der Waals surface area contributed by atoms with Crippen LogP contribution in [0.25, 0.3) is 0 Å². The van der Waals surface area contributed by atoms with Gasteiger partial charge in [0.05, 0.1) is 12.2 Å². The van der Waals surface area contributed by atoms with Crippen LogP contribution >= 0.6 is 11.8 Å². The van der Waals surface area contributed by atoms with Crippen molar-refractivity contribution in [3.05, 3.63) is 0 Å². The van der Waals surface area contributed by atoms with E-state index in [4.69, 9.17) is 0 Å². The van der Waals surface area contributed by atoms with Gasteiger partial charge in [-0.05, 0) is 30.8 Å². The topological polar surface area (TPSA) is 32.3 Å². The summed E-state index contributed by atoms with van der Waals surface area (Å²) in [5, 5.41) is 3.41. The van der Waals surface area contributed by atoms with E-state index in [0.29, 0.717) is 11.8 Å². The van der Waals surface area contributed by atoms with Crippen molar-refractivity contribution >= 4 is 17.7 Å². The van der Waals surface area contributed by atoms with Gasteiger partial charge in [-0.15, -0.1) is 0 Å². The lowest BCUT2D eigenvalue weighted by Gasteiger charge is -2.26. The number of rotatable bonds is 6. The summed E-state index contributed by atoms with van der Waals surface area (Å²) >= 11 is 1.85. The van der Waals surface area contributed by atoms with E-state index in [9.17, 15) is 4.79 Å². The maximum atomic E-state index is 12.1. The standard InChI is InChI=1S/C12H24N2OS/c1-5-10-12(15)14(11(6-2)13-10)7-9(3)8-16-4/h9-11,13H,5-8H2,1-4H3. The second kappa shape index (κ2) is 6.50. The fourth-order valence-electron chi connectivity index (χ4n) is 2.27. The van der Waals surface area contributed by atoms with Gasteiger partial charge in [0.2, 0.25) is 5.91 Å². The minimum absolute atomic E-state index is 0.0476. The molecular formula is C12H24N2OS. The highest BCUT2D eigenvalue weighted by molar-refractivity contribution is 7.98. The highest BCUT2D eigenvalue weighted by Gasteiger charge is 2.36. The van der Waals surface area contributed by atoms with Crippen LogP contribution < -0.4 is 5.32 Å². The van der Waals surface area contributed by atoms with Crippen LogP contribution in [0.3, 0.4) is 0 Å². The average Bonchev–Trinajstić information content (AvgIpc) is 2.56. The summed E-state index contributed by atoms with van der Waals surface area (Å²) in [7, 11) is 0. The molecule has 4 heteroatoms. The number of nitrogens with zero attached hydrogens (tertiary/aromatic N) is 1. The van der Waals surface area contributed by atoms with Gasteiger partial charge in [-0.3, -0.25) is 10.1 Å². The van der Waals surface area contributed by atoms with Crippen LogP contribution in [0.4, 0.5) is 0 Å². The Morgan fingerprint density at radius 2 is 2.12 bits per heavy atom. The molecule has 16 heavy (non-hydrogen) atoms. The summed E-state index contributed by atoms with van der Waals surface area (Å²) < 4.78 is 0. The minimum Gasteiger partial charge on any atom is -0.326 e. The molecule has 3 nitrogen and oxygen atoms in total. The normalized spacial score (nSPS) is 27.5. The molecule has 0 aromatic rings. The summed E-state index contributed by atoms with van der Waals surface area (Å²) in [6.45, 7) is 7.31. The van der Waals surface area contributed by atoms with Gasteiger partial charge in [-0.2, -0.15) is 11.8 Å². The maximum absolute atomic E-state index is 12.1. The summed E-state index contributed by atoms with van der Waals surface area (Å²) in [6, 6.07) is 0.0476. The van der Waals surface area contributed by atoms with E-state index in [0.717, 1.165) is 25.1 Å². The quantitative estimate of drug-likeness (QED) is 0.775. The first-order valence-electron chi connectivity index (χ1n) is 6.19. The van der Waals surface area contributed by atoms with Crippen molar-refractivity contribution in [1.82, 2.24) is 10.2 Å². The fraction of sp³-hybridized carbons (Fsp3) is 0.917. The Kier molecular flexibility index (Phi) is 5.62. The zero-order valence-corrected chi connectivity index (χ0v) is 11.6. The minimum atomic E-state index is 0.0476. The third-order valence-electron chi connectivity index (χ3n) is 3.11. The van der Waals surface area contributed by atoms with E-state index < -0.39 is 0 Å². The van der Waals surface area contributed by atoms with Gasteiger partial charge in [-0.25, -0.2) is 0 Å². The predicted octanol–water partition coefficient (Wildman–Crippen LogP) is 1.93. The lowest BCUT2D eigenvalue weighted by Crippen LogP contribution is -2.39. The van der Waals surface area contributed by atoms with Crippen LogP contribution in [0.1, 0.15) is 33.6 Å². The van der Waals surface area contributed by atoms with Gasteiger partial charge >= 0.3 is 0 Å². The summed E-state index contributed by atoms with van der Waals surface area (Å²) in [4.78, 5) is 14.1. The second-order valence-corrected chi connectivity index (χ2v) is 5.51. The Labute approximate surface area is 103 Å². The number of carbonyl (C=O) groups excluding carboxylic acids is 1. The monoisotopic (exact) mass is 244 g/mol. The molecule has 0 aliphatic carbocycles. The molecule has 0 bridgehead atoms.